The van der Waals surface area contributed by atoms with E-state index in [4.69, 9.17) is 0 Å². The summed E-state index contributed by atoms with van der Waals surface area (Å²) in [6, 6.07) is 15.8. The zero-order valence-electron chi connectivity index (χ0n) is 38.4. The molecule has 2 heterocycles. The van der Waals surface area contributed by atoms with Crippen LogP contribution in [-0.2, 0) is 36.8 Å². The van der Waals surface area contributed by atoms with Crippen LogP contribution in [0, 0.1) is 11.8 Å². The number of aromatic amines is 2. The first kappa shape index (κ1) is 49.5. The van der Waals surface area contributed by atoms with Crippen LogP contribution in [-0.4, -0.2) is 82.8 Å². The van der Waals surface area contributed by atoms with Gasteiger partial charge in [0.2, 0.25) is 29.5 Å². The third-order valence-electron chi connectivity index (χ3n) is 12.0. The third-order valence-corrected chi connectivity index (χ3v) is 12.0. The number of likely N-dealkylation sites (N-methyl/N-ethyl adjacent to an activating group) is 1. The maximum absolute atomic E-state index is 13.0. The summed E-state index contributed by atoms with van der Waals surface area (Å²) in [5.41, 5.74) is 4.58. The van der Waals surface area contributed by atoms with E-state index in [2.05, 4.69) is 60.1 Å². The van der Waals surface area contributed by atoms with Crippen molar-refractivity contribution in [1.29, 1.82) is 0 Å². The number of rotatable bonds is 27. The van der Waals surface area contributed by atoms with Gasteiger partial charge in [-0.3, -0.25) is 24.0 Å². The van der Waals surface area contributed by atoms with E-state index >= 15 is 0 Å². The standard InChI is InChI=1S/C49H74N8O5/c1-31(2)41(20-25-46(59)53-33(5)17-22-45(58)55-35(7)27-36-29-51-43-15-11-9-13-39(36)43)56-48(61)23-18-34(6)54-47(60)26-21-42(32(3)4)57-49(62)24-19-38(50-8)28-37-30-52-44-16-12-10-14-40(37)44/h9-16,29-35,38,41-42,50-52H,17-28H2,1-8H3,(H,53,59)(H,54,60)(H,55,58)(H,56,61)(H,57,62)/t33-,34-,35+,38+,41+,42+/m0/s1. The van der Waals surface area contributed by atoms with Crippen molar-refractivity contribution in [2.45, 2.75) is 162 Å². The Kier molecular flexibility index (Phi) is 20.0. The molecule has 0 aliphatic rings. The lowest BCUT2D eigenvalue weighted by atomic mass is 9.97. The van der Waals surface area contributed by atoms with Crippen molar-refractivity contribution in [3.8, 4) is 0 Å². The fraction of sp³-hybridized carbons (Fsp3) is 0.571. The Balaban J connectivity index is 1.08. The van der Waals surface area contributed by atoms with Crippen molar-refractivity contribution >= 4 is 51.3 Å². The topological polar surface area (TPSA) is 189 Å². The molecule has 0 aliphatic carbocycles. The molecule has 5 amide bonds. The van der Waals surface area contributed by atoms with Crippen molar-refractivity contribution in [3.63, 3.8) is 0 Å². The first-order chi connectivity index (χ1) is 29.6. The number of carbonyl (C=O) groups is 5. The summed E-state index contributed by atoms with van der Waals surface area (Å²) in [4.78, 5) is 71.0. The Morgan fingerprint density at radius 2 is 0.839 bits per heavy atom. The first-order valence-electron chi connectivity index (χ1n) is 22.9. The number of aromatic nitrogens is 2. The number of H-pyrrole nitrogens is 2. The van der Waals surface area contributed by atoms with Crippen LogP contribution in [0.25, 0.3) is 21.8 Å². The molecule has 0 aliphatic heterocycles. The number of carbonyl (C=O) groups excluding carboxylic acids is 5. The summed E-state index contributed by atoms with van der Waals surface area (Å²) < 4.78 is 0. The van der Waals surface area contributed by atoms with E-state index < -0.39 is 0 Å². The van der Waals surface area contributed by atoms with Crippen LogP contribution in [0.1, 0.15) is 124 Å². The molecule has 2 aromatic carbocycles. The molecule has 340 valence electrons. The third kappa shape index (κ3) is 16.6. The van der Waals surface area contributed by atoms with Crippen LogP contribution in [0.2, 0.25) is 0 Å². The second-order valence-electron chi connectivity index (χ2n) is 18.0. The molecule has 13 nitrogen and oxygen atoms in total. The summed E-state index contributed by atoms with van der Waals surface area (Å²) >= 11 is 0. The van der Waals surface area contributed by atoms with E-state index in [9.17, 15) is 24.0 Å². The van der Waals surface area contributed by atoms with Gasteiger partial charge < -0.3 is 41.9 Å². The van der Waals surface area contributed by atoms with Gasteiger partial charge in [-0.25, -0.2) is 0 Å². The zero-order chi connectivity index (χ0) is 45.2. The average molecular weight is 855 g/mol. The number of para-hydroxylation sites is 2. The van der Waals surface area contributed by atoms with E-state index in [-0.39, 0.29) is 96.9 Å². The normalized spacial score (nSPS) is 14.5. The Bertz CT molecular complexity index is 2040. The molecule has 0 bridgehead atoms. The number of benzene rings is 2. The molecule has 4 aromatic rings. The maximum Gasteiger partial charge on any atom is 0.220 e. The minimum absolute atomic E-state index is 0.0159. The van der Waals surface area contributed by atoms with E-state index in [0.29, 0.717) is 44.9 Å². The molecule has 13 heteroatoms. The highest BCUT2D eigenvalue weighted by atomic mass is 16.2. The monoisotopic (exact) mass is 855 g/mol. The molecule has 8 N–H and O–H groups in total. The Hall–Kier alpha value is -5.17. The van der Waals surface area contributed by atoms with Gasteiger partial charge in [0.05, 0.1) is 0 Å². The lowest BCUT2D eigenvalue weighted by Crippen LogP contribution is -2.42. The molecule has 0 spiro atoms. The van der Waals surface area contributed by atoms with Crippen molar-refractivity contribution in [1.82, 2.24) is 41.9 Å². The second kappa shape index (κ2) is 25.1. The van der Waals surface area contributed by atoms with Gasteiger partial charge >= 0.3 is 0 Å². The quantitative estimate of drug-likeness (QED) is 0.0329. The lowest BCUT2D eigenvalue weighted by Gasteiger charge is -2.24. The highest BCUT2D eigenvalue weighted by Gasteiger charge is 2.22. The second-order valence-corrected chi connectivity index (χ2v) is 18.0. The van der Waals surface area contributed by atoms with Gasteiger partial charge in [0.25, 0.3) is 0 Å². The summed E-state index contributed by atoms with van der Waals surface area (Å²) in [6.07, 6.45) is 9.78. The first-order valence-corrected chi connectivity index (χ1v) is 22.9. The van der Waals surface area contributed by atoms with Crippen molar-refractivity contribution in [3.05, 3.63) is 72.1 Å². The fourth-order valence-electron chi connectivity index (χ4n) is 8.06. The molecule has 62 heavy (non-hydrogen) atoms. The number of hydrogen-bond acceptors (Lipinski definition) is 6. The molecule has 0 unspecified atom stereocenters. The van der Waals surface area contributed by atoms with Gasteiger partial charge in [-0.15, -0.1) is 0 Å². The highest BCUT2D eigenvalue weighted by molar-refractivity contribution is 5.84. The van der Waals surface area contributed by atoms with Gasteiger partial charge in [-0.05, 0) is 108 Å². The van der Waals surface area contributed by atoms with E-state index in [1.54, 1.807) is 0 Å². The van der Waals surface area contributed by atoms with E-state index in [0.717, 1.165) is 29.3 Å². The van der Waals surface area contributed by atoms with Crippen LogP contribution >= 0.6 is 0 Å². The number of hydrogen-bond donors (Lipinski definition) is 8. The predicted octanol–water partition coefficient (Wildman–Crippen LogP) is 6.72. The summed E-state index contributed by atoms with van der Waals surface area (Å²) in [5.74, 6) is -0.104. The molecule has 0 fully saturated rings. The van der Waals surface area contributed by atoms with Crippen LogP contribution in [0.15, 0.2) is 60.9 Å². The van der Waals surface area contributed by atoms with Gasteiger partial charge in [0, 0.05) is 103 Å². The Morgan fingerprint density at radius 1 is 0.468 bits per heavy atom. The molecule has 0 saturated carbocycles. The Morgan fingerprint density at radius 3 is 1.27 bits per heavy atom. The van der Waals surface area contributed by atoms with Crippen molar-refractivity contribution in [2.24, 2.45) is 11.8 Å². The maximum atomic E-state index is 13.0. The van der Waals surface area contributed by atoms with Gasteiger partial charge in [0.15, 0.2) is 0 Å². The summed E-state index contributed by atoms with van der Waals surface area (Å²) in [5, 5.41) is 21.1. The van der Waals surface area contributed by atoms with E-state index in [1.165, 1.54) is 16.5 Å². The lowest BCUT2D eigenvalue weighted by molar-refractivity contribution is -0.125. The molecule has 6 atom stereocenters. The largest absolute Gasteiger partial charge is 0.361 e. The number of amides is 5. The Labute approximate surface area is 368 Å². The minimum atomic E-state index is -0.203. The number of nitrogens with one attached hydrogen (secondary N) is 8. The highest BCUT2D eigenvalue weighted by Crippen LogP contribution is 2.21. The van der Waals surface area contributed by atoms with Gasteiger partial charge in [-0.2, -0.15) is 0 Å². The van der Waals surface area contributed by atoms with E-state index in [1.807, 2.05) is 98.2 Å². The predicted molar refractivity (Wildman–Crippen MR) is 249 cm³/mol. The average Bonchev–Trinajstić information content (AvgIpc) is 3.84. The number of fused-ring (bicyclic) bond motifs is 2. The van der Waals surface area contributed by atoms with Gasteiger partial charge in [-0.1, -0.05) is 64.1 Å². The van der Waals surface area contributed by atoms with Crippen LogP contribution in [0.4, 0.5) is 0 Å². The molecule has 4 rings (SSSR count). The fourth-order valence-corrected chi connectivity index (χ4v) is 8.06. The molecule has 0 radical (unpaired) electrons. The van der Waals surface area contributed by atoms with Crippen molar-refractivity contribution in [2.75, 3.05) is 7.05 Å². The zero-order valence-corrected chi connectivity index (χ0v) is 38.4. The summed E-state index contributed by atoms with van der Waals surface area (Å²) in [6.45, 7) is 13.9. The molecular formula is C49H74N8O5. The van der Waals surface area contributed by atoms with Gasteiger partial charge in [0.1, 0.15) is 0 Å². The van der Waals surface area contributed by atoms with Crippen LogP contribution in [0.5, 0.6) is 0 Å². The van der Waals surface area contributed by atoms with Crippen molar-refractivity contribution < 1.29 is 24.0 Å². The summed E-state index contributed by atoms with van der Waals surface area (Å²) in [7, 11) is 1.93. The molecule has 2 aromatic heterocycles. The SMILES string of the molecule is CN[C@H](CCC(=O)N[C@H](CCC(=O)N[C@@H](C)CCC(=O)N[C@H](CCC(=O)N[C@@H](C)CCC(=O)N[C@H](C)Cc1c[nH]c2ccccc12)C(C)C)C(C)C)Cc1c[nH]c2ccccc12. The molecule has 0 saturated heterocycles. The van der Waals surface area contributed by atoms with Crippen LogP contribution in [0.3, 0.4) is 0 Å². The smallest absolute Gasteiger partial charge is 0.220 e. The molecular weight excluding hydrogens is 781 g/mol. The van der Waals surface area contributed by atoms with Crippen LogP contribution < -0.4 is 31.9 Å². The minimum Gasteiger partial charge on any atom is -0.361 e.